The van der Waals surface area contributed by atoms with Gasteiger partial charge >= 0.3 is 0 Å². The molecule has 88 valence electrons. The molecule has 0 amide bonds. The molecule has 0 spiro atoms. The van der Waals surface area contributed by atoms with E-state index in [1.807, 2.05) is 20.8 Å². The van der Waals surface area contributed by atoms with Gasteiger partial charge < -0.3 is 4.89 Å². The molecule has 0 fully saturated rings. The summed E-state index contributed by atoms with van der Waals surface area (Å²) in [5.74, 6) is 1.65. The Balaban J connectivity index is 2.58. The molecule has 1 atom stereocenters. The molecule has 0 bridgehead atoms. The molecule has 0 radical (unpaired) electrons. The molecule has 0 aromatic rings. The number of hydrogen-bond acceptors (Lipinski definition) is 2. The van der Waals surface area contributed by atoms with Gasteiger partial charge in [-0.15, -0.1) is 0 Å². The molecule has 0 heterocycles. The lowest BCUT2D eigenvalue weighted by atomic mass is 9.77. The standard InChI is InChI=1S/C13H24O2/c1-10-7-11(9-13(5,6)8-10)14-15-12(2,3)4/h9-10H,7-8H2,1-6H3. The van der Waals surface area contributed by atoms with Crippen LogP contribution in [0.5, 0.6) is 0 Å². The van der Waals surface area contributed by atoms with Crippen molar-refractivity contribution in [3.05, 3.63) is 11.8 Å². The molecule has 1 aliphatic carbocycles. The Labute approximate surface area is 93.6 Å². The van der Waals surface area contributed by atoms with E-state index in [1.165, 1.54) is 6.42 Å². The van der Waals surface area contributed by atoms with Crippen molar-refractivity contribution in [1.82, 2.24) is 0 Å². The van der Waals surface area contributed by atoms with Gasteiger partial charge in [-0.2, -0.15) is 4.89 Å². The molecule has 15 heavy (non-hydrogen) atoms. The second-order valence-electron chi connectivity index (χ2n) is 6.39. The highest BCUT2D eigenvalue weighted by molar-refractivity contribution is 5.06. The van der Waals surface area contributed by atoms with Crippen molar-refractivity contribution in [3.8, 4) is 0 Å². The van der Waals surface area contributed by atoms with Crippen molar-refractivity contribution in [3.63, 3.8) is 0 Å². The molecule has 1 rings (SSSR count). The summed E-state index contributed by atoms with van der Waals surface area (Å²) in [6, 6.07) is 0. The average Bonchev–Trinajstić information content (AvgIpc) is 1.95. The van der Waals surface area contributed by atoms with Crippen LogP contribution in [0.4, 0.5) is 0 Å². The zero-order chi connectivity index (χ0) is 11.7. The summed E-state index contributed by atoms with van der Waals surface area (Å²) >= 11 is 0. The molecule has 0 saturated carbocycles. The normalized spacial score (nSPS) is 26.0. The van der Waals surface area contributed by atoms with Crippen LogP contribution in [0.3, 0.4) is 0 Å². The minimum Gasteiger partial charge on any atom is -0.342 e. The van der Waals surface area contributed by atoms with Gasteiger partial charge in [0.05, 0.1) is 0 Å². The lowest BCUT2D eigenvalue weighted by molar-refractivity contribution is -0.324. The topological polar surface area (TPSA) is 18.5 Å². The molecule has 0 aliphatic heterocycles. The van der Waals surface area contributed by atoms with Gasteiger partial charge in [0.1, 0.15) is 11.4 Å². The third-order valence-electron chi connectivity index (χ3n) is 2.37. The molecule has 0 aromatic heterocycles. The second kappa shape index (κ2) is 4.17. The summed E-state index contributed by atoms with van der Waals surface area (Å²) in [7, 11) is 0. The summed E-state index contributed by atoms with van der Waals surface area (Å²) < 4.78 is 0. The number of allylic oxidation sites excluding steroid dienone is 2. The Morgan fingerprint density at radius 3 is 2.40 bits per heavy atom. The number of rotatable bonds is 2. The third-order valence-corrected chi connectivity index (χ3v) is 2.37. The molecule has 2 nitrogen and oxygen atoms in total. The van der Waals surface area contributed by atoms with E-state index in [0.717, 1.165) is 12.2 Å². The Morgan fingerprint density at radius 2 is 1.93 bits per heavy atom. The van der Waals surface area contributed by atoms with Crippen LogP contribution >= 0.6 is 0 Å². The van der Waals surface area contributed by atoms with Gasteiger partial charge in [0.25, 0.3) is 0 Å². The summed E-state index contributed by atoms with van der Waals surface area (Å²) in [4.78, 5) is 10.8. The first-order valence-corrected chi connectivity index (χ1v) is 5.75. The Bertz CT molecular complexity index is 246. The SMILES string of the molecule is CC1CC(OOC(C)(C)C)=CC(C)(C)C1. The molecule has 1 unspecified atom stereocenters. The first-order chi connectivity index (χ1) is 6.68. The van der Waals surface area contributed by atoms with Gasteiger partial charge in [0.15, 0.2) is 0 Å². The van der Waals surface area contributed by atoms with E-state index in [9.17, 15) is 0 Å². The third kappa shape index (κ3) is 4.70. The van der Waals surface area contributed by atoms with Crippen molar-refractivity contribution in [2.75, 3.05) is 0 Å². The van der Waals surface area contributed by atoms with Crippen molar-refractivity contribution in [2.24, 2.45) is 11.3 Å². The van der Waals surface area contributed by atoms with Crippen LogP contribution in [0.15, 0.2) is 11.8 Å². The van der Waals surface area contributed by atoms with E-state index in [1.54, 1.807) is 0 Å². The lowest BCUT2D eigenvalue weighted by Crippen LogP contribution is -2.24. The predicted octanol–water partition coefficient (Wildman–Crippen LogP) is 4.07. The van der Waals surface area contributed by atoms with E-state index in [2.05, 4.69) is 26.8 Å². The summed E-state index contributed by atoms with van der Waals surface area (Å²) in [5.41, 5.74) is -0.0140. The van der Waals surface area contributed by atoms with E-state index >= 15 is 0 Å². The molecule has 0 N–H and O–H groups in total. The van der Waals surface area contributed by atoms with Gasteiger partial charge in [-0.1, -0.05) is 20.8 Å². The fourth-order valence-corrected chi connectivity index (χ4v) is 2.10. The maximum atomic E-state index is 5.41. The molecule has 0 saturated heterocycles. The van der Waals surface area contributed by atoms with E-state index in [4.69, 9.17) is 9.78 Å². The Kier molecular flexibility index (Phi) is 3.49. The van der Waals surface area contributed by atoms with Crippen LogP contribution in [0, 0.1) is 11.3 Å². The molecule has 0 aromatic carbocycles. The van der Waals surface area contributed by atoms with Gasteiger partial charge in [-0.25, -0.2) is 0 Å². The Hall–Kier alpha value is -0.500. The fraction of sp³-hybridized carbons (Fsp3) is 0.846. The zero-order valence-electron chi connectivity index (χ0n) is 10.9. The second-order valence-corrected chi connectivity index (χ2v) is 6.39. The van der Waals surface area contributed by atoms with Crippen LogP contribution in [0.2, 0.25) is 0 Å². The highest BCUT2D eigenvalue weighted by Gasteiger charge is 2.27. The van der Waals surface area contributed by atoms with Crippen molar-refractivity contribution < 1.29 is 9.78 Å². The van der Waals surface area contributed by atoms with Gasteiger partial charge in [-0.3, -0.25) is 0 Å². The molecule has 1 aliphatic rings. The lowest BCUT2D eigenvalue weighted by Gasteiger charge is -2.31. The van der Waals surface area contributed by atoms with E-state index in [0.29, 0.717) is 5.92 Å². The Morgan fingerprint density at radius 1 is 1.33 bits per heavy atom. The smallest absolute Gasteiger partial charge is 0.139 e. The molecule has 2 heteroatoms. The van der Waals surface area contributed by atoms with Crippen molar-refractivity contribution in [2.45, 2.75) is 60.0 Å². The summed E-state index contributed by atoms with van der Waals surface area (Å²) in [6.07, 6.45) is 4.40. The predicted molar refractivity (Wildman–Crippen MR) is 62.2 cm³/mol. The van der Waals surface area contributed by atoms with Crippen molar-refractivity contribution in [1.29, 1.82) is 0 Å². The van der Waals surface area contributed by atoms with Gasteiger partial charge in [-0.05, 0) is 44.6 Å². The van der Waals surface area contributed by atoms with Gasteiger partial charge in [0.2, 0.25) is 0 Å². The van der Waals surface area contributed by atoms with E-state index < -0.39 is 0 Å². The highest BCUT2D eigenvalue weighted by Crippen LogP contribution is 2.37. The fourth-order valence-electron chi connectivity index (χ4n) is 2.10. The molecular formula is C13H24O2. The monoisotopic (exact) mass is 212 g/mol. The number of hydrogen-bond donors (Lipinski definition) is 0. The highest BCUT2D eigenvalue weighted by atomic mass is 17.2. The van der Waals surface area contributed by atoms with Crippen LogP contribution in [-0.4, -0.2) is 5.60 Å². The van der Waals surface area contributed by atoms with Gasteiger partial charge in [0, 0.05) is 6.42 Å². The van der Waals surface area contributed by atoms with Crippen LogP contribution in [-0.2, 0) is 9.78 Å². The van der Waals surface area contributed by atoms with E-state index in [-0.39, 0.29) is 11.0 Å². The first-order valence-electron chi connectivity index (χ1n) is 5.75. The van der Waals surface area contributed by atoms with Crippen LogP contribution in [0.25, 0.3) is 0 Å². The van der Waals surface area contributed by atoms with Crippen LogP contribution in [0.1, 0.15) is 54.4 Å². The maximum Gasteiger partial charge on any atom is 0.139 e. The first kappa shape index (κ1) is 12.6. The average molecular weight is 212 g/mol. The van der Waals surface area contributed by atoms with Crippen LogP contribution < -0.4 is 0 Å². The maximum absolute atomic E-state index is 5.41. The van der Waals surface area contributed by atoms with Crippen molar-refractivity contribution >= 4 is 0 Å². The summed E-state index contributed by atoms with van der Waals surface area (Å²) in [6.45, 7) is 12.7. The quantitative estimate of drug-likeness (QED) is 0.507. The minimum atomic E-state index is -0.244. The minimum absolute atomic E-state index is 0.230. The largest absolute Gasteiger partial charge is 0.342 e. The molecular weight excluding hydrogens is 188 g/mol. The zero-order valence-corrected chi connectivity index (χ0v) is 10.9. The summed E-state index contributed by atoms with van der Waals surface area (Å²) in [5, 5.41) is 0.